The van der Waals surface area contributed by atoms with E-state index in [0.717, 1.165) is 0 Å². The number of nitro groups is 1. The second kappa shape index (κ2) is 6.04. The number of hydrogen-bond acceptors (Lipinski definition) is 6. The van der Waals surface area contributed by atoms with E-state index in [1.54, 1.807) is 13.0 Å². The molecule has 0 amide bonds. The molecule has 1 aromatic heterocycles. The second-order valence-corrected chi connectivity index (χ2v) is 4.02. The number of benzene rings is 1. The largest absolute Gasteiger partial charge is 0.490 e. The van der Waals surface area contributed by atoms with E-state index >= 15 is 0 Å². The maximum Gasteiger partial charge on any atom is 0.341 e. The molecule has 2 rings (SSSR count). The van der Waals surface area contributed by atoms with Gasteiger partial charge >= 0.3 is 11.7 Å². The van der Waals surface area contributed by atoms with E-state index in [4.69, 9.17) is 9.47 Å². The zero-order valence-electron chi connectivity index (χ0n) is 11.5. The quantitative estimate of drug-likeness (QED) is 0.514. The molecule has 110 valence electrons. The summed E-state index contributed by atoms with van der Waals surface area (Å²) in [7, 11) is 1.35. The molecule has 8 heteroatoms. The Bertz CT molecular complexity index is 680. The minimum Gasteiger partial charge on any atom is -0.490 e. The molecule has 0 unspecified atom stereocenters. The molecule has 0 aliphatic heterocycles. The summed E-state index contributed by atoms with van der Waals surface area (Å²) >= 11 is 0. The van der Waals surface area contributed by atoms with Crippen molar-refractivity contribution in [2.75, 3.05) is 13.7 Å². The van der Waals surface area contributed by atoms with Gasteiger partial charge in [0.2, 0.25) is 0 Å². The molecule has 0 spiro atoms. The van der Waals surface area contributed by atoms with Gasteiger partial charge in [0.15, 0.2) is 5.75 Å². The van der Waals surface area contributed by atoms with Crippen molar-refractivity contribution in [2.45, 2.75) is 6.92 Å². The Labute approximate surface area is 119 Å². The SMILES string of the molecule is CCOC(=O)c1cn[nH]c1-c1ccc(OC)c([N+](=O)[O-])c1. The van der Waals surface area contributed by atoms with Crippen molar-refractivity contribution >= 4 is 11.7 Å². The summed E-state index contributed by atoms with van der Waals surface area (Å²) in [5, 5.41) is 17.5. The lowest BCUT2D eigenvalue weighted by molar-refractivity contribution is -0.385. The van der Waals surface area contributed by atoms with Gasteiger partial charge in [-0.05, 0) is 19.1 Å². The van der Waals surface area contributed by atoms with Crippen LogP contribution in [0.2, 0.25) is 0 Å². The Balaban J connectivity index is 2.48. The first-order chi connectivity index (χ1) is 10.1. The van der Waals surface area contributed by atoms with Gasteiger partial charge in [0.25, 0.3) is 0 Å². The molecule has 0 saturated carbocycles. The fourth-order valence-electron chi connectivity index (χ4n) is 1.86. The number of aromatic nitrogens is 2. The van der Waals surface area contributed by atoms with Crippen LogP contribution < -0.4 is 4.74 Å². The summed E-state index contributed by atoms with van der Waals surface area (Å²) < 4.78 is 9.85. The number of hydrogen-bond donors (Lipinski definition) is 1. The molecule has 0 bridgehead atoms. The average Bonchev–Trinajstić information content (AvgIpc) is 2.96. The molecule has 1 heterocycles. The minimum absolute atomic E-state index is 0.140. The van der Waals surface area contributed by atoms with Gasteiger partial charge in [-0.25, -0.2) is 4.79 Å². The van der Waals surface area contributed by atoms with Crippen LogP contribution in [0.5, 0.6) is 5.75 Å². The lowest BCUT2D eigenvalue weighted by Crippen LogP contribution is -2.05. The highest BCUT2D eigenvalue weighted by atomic mass is 16.6. The van der Waals surface area contributed by atoms with Crippen molar-refractivity contribution in [1.82, 2.24) is 10.2 Å². The van der Waals surface area contributed by atoms with Crippen LogP contribution in [0.15, 0.2) is 24.4 Å². The van der Waals surface area contributed by atoms with Gasteiger partial charge in [0.05, 0.1) is 30.5 Å². The standard InChI is InChI=1S/C13H13N3O5/c1-3-21-13(17)9-7-14-15-12(9)8-4-5-11(20-2)10(6-8)16(18)19/h4-7H,3H2,1-2H3,(H,14,15). The predicted molar refractivity (Wildman–Crippen MR) is 73.2 cm³/mol. The fourth-order valence-corrected chi connectivity index (χ4v) is 1.86. The first kappa shape index (κ1) is 14.5. The number of rotatable bonds is 5. The maximum absolute atomic E-state index is 11.8. The van der Waals surface area contributed by atoms with Crippen LogP contribution in [0.25, 0.3) is 11.3 Å². The Hall–Kier alpha value is -2.90. The summed E-state index contributed by atoms with van der Waals surface area (Å²) in [6.07, 6.45) is 1.32. The zero-order chi connectivity index (χ0) is 15.4. The Morgan fingerprint density at radius 1 is 1.48 bits per heavy atom. The summed E-state index contributed by atoms with van der Waals surface area (Å²) in [5.74, 6) is -0.402. The van der Waals surface area contributed by atoms with Crippen molar-refractivity contribution in [2.24, 2.45) is 0 Å². The van der Waals surface area contributed by atoms with Crippen LogP contribution >= 0.6 is 0 Å². The van der Waals surface area contributed by atoms with Crippen molar-refractivity contribution < 1.29 is 19.2 Å². The fraction of sp³-hybridized carbons (Fsp3) is 0.231. The van der Waals surface area contributed by atoms with Crippen molar-refractivity contribution in [3.8, 4) is 17.0 Å². The first-order valence-corrected chi connectivity index (χ1v) is 6.11. The van der Waals surface area contributed by atoms with Gasteiger partial charge in [-0.15, -0.1) is 0 Å². The third-order valence-electron chi connectivity index (χ3n) is 2.80. The zero-order valence-corrected chi connectivity index (χ0v) is 11.5. The predicted octanol–water partition coefficient (Wildman–Crippen LogP) is 2.17. The second-order valence-electron chi connectivity index (χ2n) is 4.02. The van der Waals surface area contributed by atoms with Crippen LogP contribution in [0.4, 0.5) is 5.69 Å². The topological polar surface area (TPSA) is 107 Å². The molecule has 0 fully saturated rings. The molecule has 0 aliphatic carbocycles. The maximum atomic E-state index is 11.8. The van der Waals surface area contributed by atoms with E-state index in [2.05, 4.69) is 10.2 Å². The van der Waals surface area contributed by atoms with Crippen molar-refractivity contribution in [1.29, 1.82) is 0 Å². The monoisotopic (exact) mass is 291 g/mol. The van der Waals surface area contributed by atoms with Crippen molar-refractivity contribution in [3.63, 3.8) is 0 Å². The van der Waals surface area contributed by atoms with Crippen LogP contribution in [0.1, 0.15) is 17.3 Å². The molecule has 8 nitrogen and oxygen atoms in total. The number of methoxy groups -OCH3 is 1. The van der Waals surface area contributed by atoms with Crippen LogP contribution in [-0.4, -0.2) is 34.8 Å². The number of aromatic amines is 1. The molecule has 1 N–H and O–H groups in total. The highest BCUT2D eigenvalue weighted by Crippen LogP contribution is 2.32. The van der Waals surface area contributed by atoms with Crippen LogP contribution in [-0.2, 0) is 4.74 Å². The van der Waals surface area contributed by atoms with Crippen molar-refractivity contribution in [3.05, 3.63) is 40.1 Å². The van der Waals surface area contributed by atoms with Gasteiger partial charge in [-0.2, -0.15) is 5.10 Å². The summed E-state index contributed by atoms with van der Waals surface area (Å²) in [6, 6.07) is 4.38. The highest BCUT2D eigenvalue weighted by molar-refractivity contribution is 5.96. The van der Waals surface area contributed by atoms with E-state index in [1.807, 2.05) is 0 Å². The van der Waals surface area contributed by atoms with Crippen LogP contribution in [0, 0.1) is 10.1 Å². The van der Waals surface area contributed by atoms with E-state index in [-0.39, 0.29) is 23.6 Å². The molecular formula is C13H13N3O5. The summed E-state index contributed by atoms with van der Waals surface area (Å²) in [5.41, 5.74) is 0.831. The molecule has 0 atom stereocenters. The number of carbonyl (C=O) groups excluding carboxylic acids is 1. The van der Waals surface area contributed by atoms with Crippen LogP contribution in [0.3, 0.4) is 0 Å². The van der Waals surface area contributed by atoms with E-state index < -0.39 is 10.9 Å². The van der Waals surface area contributed by atoms with Gasteiger partial charge in [-0.3, -0.25) is 15.2 Å². The number of carbonyl (C=O) groups is 1. The number of esters is 1. The van der Waals surface area contributed by atoms with E-state index in [9.17, 15) is 14.9 Å². The minimum atomic E-state index is -0.553. The summed E-state index contributed by atoms with van der Waals surface area (Å²) in [4.78, 5) is 22.3. The first-order valence-electron chi connectivity index (χ1n) is 6.11. The van der Waals surface area contributed by atoms with Gasteiger partial charge in [0.1, 0.15) is 5.56 Å². The Kier molecular flexibility index (Phi) is 4.17. The Morgan fingerprint density at radius 2 is 2.24 bits per heavy atom. The molecule has 2 aromatic rings. The summed E-state index contributed by atoms with van der Waals surface area (Å²) in [6.45, 7) is 1.92. The lowest BCUT2D eigenvalue weighted by Gasteiger charge is -2.05. The number of ether oxygens (including phenoxy) is 2. The van der Waals surface area contributed by atoms with E-state index in [1.165, 1.54) is 25.4 Å². The number of nitrogens with zero attached hydrogens (tertiary/aromatic N) is 2. The molecule has 0 aliphatic rings. The third kappa shape index (κ3) is 2.83. The lowest BCUT2D eigenvalue weighted by atomic mass is 10.1. The number of nitrogens with one attached hydrogen (secondary N) is 1. The van der Waals surface area contributed by atoms with Gasteiger partial charge in [0, 0.05) is 11.6 Å². The highest BCUT2D eigenvalue weighted by Gasteiger charge is 2.20. The molecule has 1 aromatic carbocycles. The van der Waals surface area contributed by atoms with E-state index in [0.29, 0.717) is 11.3 Å². The molecule has 0 saturated heterocycles. The molecular weight excluding hydrogens is 278 g/mol. The van der Waals surface area contributed by atoms with Gasteiger partial charge in [-0.1, -0.05) is 0 Å². The molecule has 0 radical (unpaired) electrons. The normalized spacial score (nSPS) is 10.2. The number of nitro benzene ring substituents is 1. The number of H-pyrrole nitrogens is 1. The van der Waals surface area contributed by atoms with Gasteiger partial charge < -0.3 is 9.47 Å². The Morgan fingerprint density at radius 3 is 2.86 bits per heavy atom. The molecule has 21 heavy (non-hydrogen) atoms. The third-order valence-corrected chi connectivity index (χ3v) is 2.80. The average molecular weight is 291 g/mol. The smallest absolute Gasteiger partial charge is 0.341 e.